The van der Waals surface area contributed by atoms with Gasteiger partial charge in [0.1, 0.15) is 17.2 Å². The summed E-state index contributed by atoms with van der Waals surface area (Å²) in [5, 5.41) is 1.95. The van der Waals surface area contributed by atoms with Gasteiger partial charge in [-0.3, -0.25) is 0 Å². The van der Waals surface area contributed by atoms with Gasteiger partial charge in [-0.2, -0.15) is 0 Å². The quantitative estimate of drug-likeness (QED) is 0.161. The van der Waals surface area contributed by atoms with E-state index in [0.717, 1.165) is 68.7 Å². The van der Waals surface area contributed by atoms with Crippen molar-refractivity contribution >= 4 is 22.5 Å². The Labute approximate surface area is 275 Å². The normalized spacial score (nSPS) is 14.7. The molecule has 0 aromatic heterocycles. The van der Waals surface area contributed by atoms with E-state index in [1.165, 1.54) is 11.1 Å². The van der Waals surface area contributed by atoms with Crippen LogP contribution < -0.4 is 23.7 Å². The summed E-state index contributed by atoms with van der Waals surface area (Å²) in [6.45, 7) is 12.3. The van der Waals surface area contributed by atoms with E-state index in [9.17, 15) is 0 Å². The molecule has 2 aliphatic rings. The Kier molecular flexibility index (Phi) is 7.36. The van der Waals surface area contributed by atoms with Gasteiger partial charge in [0.15, 0.2) is 22.8 Å². The second-order valence-electron chi connectivity index (χ2n) is 12.0. The number of fused-ring (bicyclic) bond motifs is 8. The van der Waals surface area contributed by atoms with Crippen LogP contribution in [0.25, 0.3) is 32.8 Å². The zero-order valence-electron chi connectivity index (χ0n) is 27.6. The summed E-state index contributed by atoms with van der Waals surface area (Å²) in [7, 11) is 6.66. The van der Waals surface area contributed by atoms with Crippen LogP contribution in [0.4, 0.5) is 5.69 Å². The Morgan fingerprint density at radius 2 is 1.28 bits per heavy atom. The lowest BCUT2D eigenvalue weighted by atomic mass is 9.71. The second kappa shape index (κ2) is 11.4. The maximum Gasteiger partial charge on any atom is 0.187 e. The minimum absolute atomic E-state index is 0.315. The molecule has 1 aliphatic carbocycles. The van der Waals surface area contributed by atoms with E-state index < -0.39 is 5.60 Å². The monoisotopic (exact) mass is 623 g/mol. The molecule has 0 atom stereocenters. The molecule has 0 N–H and O–H groups in total. The van der Waals surface area contributed by atoms with Crippen LogP contribution in [0.3, 0.4) is 0 Å². The molecule has 0 saturated carbocycles. The van der Waals surface area contributed by atoms with Crippen molar-refractivity contribution in [3.05, 3.63) is 124 Å². The standard InChI is InChI=1S/C41H37NO5/c1-8-40(9-2)34-22-27(42-3)14-19-30(34)37-32-23-35(45-6)36(46-7)24-33(32)39-31(38(37)40)20-21-41(47-39,25-10-15-28(43-4)16-11-25)26-12-17-29(44-5)18-13-26/h10-24H,8-9H2,1-2,4-7H3. The Bertz CT molecular complexity index is 2040. The van der Waals surface area contributed by atoms with Crippen molar-refractivity contribution in [2.45, 2.75) is 37.7 Å². The molecule has 236 valence electrons. The van der Waals surface area contributed by atoms with Crippen LogP contribution in [0.15, 0.2) is 84.9 Å². The van der Waals surface area contributed by atoms with Crippen molar-refractivity contribution in [1.29, 1.82) is 0 Å². The first-order valence-electron chi connectivity index (χ1n) is 15.9. The maximum atomic E-state index is 7.80. The van der Waals surface area contributed by atoms with Crippen LogP contribution in [0.2, 0.25) is 0 Å². The van der Waals surface area contributed by atoms with Gasteiger partial charge >= 0.3 is 0 Å². The van der Waals surface area contributed by atoms with Crippen molar-refractivity contribution in [3.63, 3.8) is 0 Å². The lowest BCUT2D eigenvalue weighted by molar-refractivity contribution is 0.163. The van der Waals surface area contributed by atoms with Crippen LogP contribution in [0, 0.1) is 6.57 Å². The van der Waals surface area contributed by atoms with Crippen LogP contribution in [-0.2, 0) is 11.0 Å². The summed E-state index contributed by atoms with van der Waals surface area (Å²) in [5.74, 6) is 3.59. The third-order valence-electron chi connectivity index (χ3n) is 10.2. The van der Waals surface area contributed by atoms with E-state index in [-0.39, 0.29) is 5.41 Å². The molecule has 6 nitrogen and oxygen atoms in total. The van der Waals surface area contributed by atoms with Gasteiger partial charge in [0, 0.05) is 27.5 Å². The third-order valence-corrected chi connectivity index (χ3v) is 10.2. The fraction of sp³-hybridized carbons (Fsp3) is 0.244. The van der Waals surface area contributed by atoms with Crippen LogP contribution in [-0.4, -0.2) is 28.4 Å². The van der Waals surface area contributed by atoms with Crippen molar-refractivity contribution < 1.29 is 23.7 Å². The molecular formula is C41H37NO5. The number of ether oxygens (including phenoxy) is 5. The summed E-state index contributed by atoms with van der Waals surface area (Å²) in [5.41, 5.74) is 7.05. The lowest BCUT2D eigenvalue weighted by Crippen LogP contribution is -2.35. The molecule has 6 heteroatoms. The van der Waals surface area contributed by atoms with Gasteiger partial charge in [0.2, 0.25) is 0 Å². The summed E-state index contributed by atoms with van der Waals surface area (Å²) < 4.78 is 30.2. The van der Waals surface area contributed by atoms with Crippen LogP contribution in [0.1, 0.15) is 54.5 Å². The molecule has 5 aromatic rings. The van der Waals surface area contributed by atoms with E-state index >= 15 is 0 Å². The molecule has 1 aliphatic heterocycles. The van der Waals surface area contributed by atoms with Gasteiger partial charge in [-0.1, -0.05) is 62.4 Å². The predicted octanol–water partition coefficient (Wildman–Crippen LogP) is 9.86. The number of hydrogen-bond donors (Lipinski definition) is 0. The molecule has 0 unspecified atom stereocenters. The molecule has 47 heavy (non-hydrogen) atoms. The highest BCUT2D eigenvalue weighted by molar-refractivity contribution is 6.10. The van der Waals surface area contributed by atoms with E-state index in [2.05, 4.69) is 73.3 Å². The van der Waals surface area contributed by atoms with Gasteiger partial charge in [-0.25, -0.2) is 4.85 Å². The average Bonchev–Trinajstić information content (AvgIpc) is 3.44. The van der Waals surface area contributed by atoms with Gasteiger partial charge in [-0.05, 0) is 83.0 Å². The highest BCUT2D eigenvalue weighted by Gasteiger charge is 2.47. The third kappa shape index (κ3) is 4.30. The second-order valence-corrected chi connectivity index (χ2v) is 12.0. The summed E-state index contributed by atoms with van der Waals surface area (Å²) in [4.78, 5) is 3.81. The van der Waals surface area contributed by atoms with Crippen molar-refractivity contribution in [2.24, 2.45) is 0 Å². The van der Waals surface area contributed by atoms with Crippen LogP contribution in [0.5, 0.6) is 28.7 Å². The minimum atomic E-state index is -0.955. The molecule has 7 rings (SSSR count). The largest absolute Gasteiger partial charge is 0.497 e. The molecule has 0 saturated heterocycles. The highest BCUT2D eigenvalue weighted by Crippen LogP contribution is 2.61. The van der Waals surface area contributed by atoms with Crippen molar-refractivity contribution in [3.8, 4) is 39.9 Å². The Hall–Kier alpha value is -5.41. The number of benzene rings is 5. The summed E-state index contributed by atoms with van der Waals surface area (Å²) in [6.07, 6.45) is 6.15. The molecule has 0 amide bonds. The van der Waals surface area contributed by atoms with E-state index in [0.29, 0.717) is 17.2 Å². The predicted molar refractivity (Wildman–Crippen MR) is 187 cm³/mol. The van der Waals surface area contributed by atoms with Crippen molar-refractivity contribution in [1.82, 2.24) is 0 Å². The fourth-order valence-corrected chi connectivity index (χ4v) is 7.73. The van der Waals surface area contributed by atoms with Gasteiger partial charge in [-0.15, -0.1) is 0 Å². The topological polar surface area (TPSA) is 50.5 Å². The van der Waals surface area contributed by atoms with E-state index in [4.69, 9.17) is 30.3 Å². The molecule has 5 aromatic carbocycles. The average molecular weight is 624 g/mol. The number of nitrogens with zero attached hydrogens (tertiary/aromatic N) is 1. The first-order chi connectivity index (χ1) is 22.9. The Morgan fingerprint density at radius 3 is 1.79 bits per heavy atom. The Balaban J connectivity index is 1.60. The van der Waals surface area contributed by atoms with E-state index in [1.807, 2.05) is 36.4 Å². The van der Waals surface area contributed by atoms with Gasteiger partial charge in [0.05, 0.1) is 35.0 Å². The number of hydrogen-bond acceptors (Lipinski definition) is 5. The first-order valence-corrected chi connectivity index (χ1v) is 15.9. The minimum Gasteiger partial charge on any atom is -0.497 e. The maximum absolute atomic E-state index is 7.80. The SMILES string of the molecule is [C-]#[N+]c1ccc2c(c1)C(CC)(CC)c1c3c(c4cc(OC)c(OC)cc4c1-2)OC(c1ccc(OC)cc1)(c1ccc(OC)cc1)C=C3. The molecule has 0 fully saturated rings. The Morgan fingerprint density at radius 1 is 0.702 bits per heavy atom. The molecule has 0 spiro atoms. The molecular weight excluding hydrogens is 586 g/mol. The van der Waals surface area contributed by atoms with Gasteiger partial charge < -0.3 is 23.7 Å². The van der Waals surface area contributed by atoms with Gasteiger partial charge in [0.25, 0.3) is 0 Å². The molecule has 0 radical (unpaired) electrons. The molecule has 0 bridgehead atoms. The number of methoxy groups -OCH3 is 4. The fourth-order valence-electron chi connectivity index (χ4n) is 7.73. The highest BCUT2D eigenvalue weighted by atomic mass is 16.5. The van der Waals surface area contributed by atoms with E-state index in [1.54, 1.807) is 28.4 Å². The van der Waals surface area contributed by atoms with Crippen LogP contribution >= 0.6 is 0 Å². The zero-order chi connectivity index (χ0) is 32.9. The summed E-state index contributed by atoms with van der Waals surface area (Å²) in [6, 6.07) is 26.3. The zero-order valence-corrected chi connectivity index (χ0v) is 27.6. The summed E-state index contributed by atoms with van der Waals surface area (Å²) >= 11 is 0. The molecule has 1 heterocycles. The first kappa shape index (κ1) is 30.3. The lowest BCUT2D eigenvalue weighted by Gasteiger charge is -2.39. The smallest absolute Gasteiger partial charge is 0.187 e. The number of rotatable bonds is 8. The van der Waals surface area contributed by atoms with Crippen molar-refractivity contribution in [2.75, 3.05) is 28.4 Å².